The lowest BCUT2D eigenvalue weighted by atomic mass is 9.93. The summed E-state index contributed by atoms with van der Waals surface area (Å²) in [7, 11) is 0. The molecule has 0 amide bonds. The molecule has 0 atom stereocenters. The van der Waals surface area contributed by atoms with E-state index in [2.05, 4.69) is 10.1 Å². The molecule has 0 aromatic carbocycles. The average Bonchev–Trinajstić information content (AvgIpc) is 3.11. The number of hydrogen-bond donors (Lipinski definition) is 0. The fourth-order valence-electron chi connectivity index (χ4n) is 2.66. The van der Waals surface area contributed by atoms with E-state index in [1.165, 1.54) is 0 Å². The zero-order valence-corrected chi connectivity index (χ0v) is 11.5. The first-order valence-corrected chi connectivity index (χ1v) is 7.06. The number of nitrogens with zero attached hydrogens (tertiary/aromatic N) is 3. The summed E-state index contributed by atoms with van der Waals surface area (Å²) in [6, 6.07) is 1.78. The number of halogens is 2. The fraction of sp³-hybridized carbons (Fsp3) is 0.571. The second-order valence-corrected chi connectivity index (χ2v) is 5.36. The molecule has 5 nitrogen and oxygen atoms in total. The van der Waals surface area contributed by atoms with E-state index in [0.29, 0.717) is 37.1 Å². The smallest absolute Gasteiger partial charge is 0.251 e. The highest BCUT2D eigenvalue weighted by molar-refractivity contribution is 5.51. The molecule has 0 unspecified atom stereocenters. The summed E-state index contributed by atoms with van der Waals surface area (Å²) in [5.41, 5.74) is 0.789. The van der Waals surface area contributed by atoms with E-state index in [1.54, 1.807) is 18.6 Å². The zero-order valence-electron chi connectivity index (χ0n) is 11.5. The minimum atomic E-state index is -2.25. The summed E-state index contributed by atoms with van der Waals surface area (Å²) in [5.74, 6) is 1.53. The maximum Gasteiger partial charge on any atom is 0.251 e. The van der Waals surface area contributed by atoms with Crippen molar-refractivity contribution < 1.29 is 17.7 Å². The van der Waals surface area contributed by atoms with Gasteiger partial charge >= 0.3 is 0 Å². The molecule has 3 rings (SSSR count). The Morgan fingerprint density at radius 3 is 2.81 bits per heavy atom. The van der Waals surface area contributed by atoms with Gasteiger partial charge in [-0.15, -0.1) is 0 Å². The van der Waals surface area contributed by atoms with Crippen molar-refractivity contribution in [2.24, 2.45) is 5.92 Å². The number of aromatic nitrogens is 2. The van der Waals surface area contributed by atoms with Gasteiger partial charge in [-0.25, -0.2) is 8.78 Å². The molecule has 1 saturated heterocycles. The van der Waals surface area contributed by atoms with Crippen molar-refractivity contribution in [3.8, 4) is 11.4 Å². The first-order chi connectivity index (χ1) is 10.2. The molecule has 0 spiro atoms. The van der Waals surface area contributed by atoms with Gasteiger partial charge in [0.1, 0.15) is 6.26 Å². The molecule has 0 bridgehead atoms. The lowest BCUT2D eigenvalue weighted by molar-refractivity contribution is 0.0681. The molecule has 21 heavy (non-hydrogen) atoms. The van der Waals surface area contributed by atoms with Crippen LogP contribution in [0.3, 0.4) is 0 Å². The van der Waals surface area contributed by atoms with Gasteiger partial charge in [-0.05, 0) is 37.9 Å². The van der Waals surface area contributed by atoms with Crippen LogP contribution in [0.1, 0.15) is 18.7 Å². The zero-order chi connectivity index (χ0) is 14.7. The van der Waals surface area contributed by atoms with E-state index in [4.69, 9.17) is 8.94 Å². The highest BCUT2D eigenvalue weighted by Gasteiger charge is 2.23. The molecule has 0 N–H and O–H groups in total. The minimum Gasteiger partial charge on any atom is -0.472 e. The standard InChI is InChI=1S/C14H17F2N3O2/c15-12(16)8-19-4-1-10(2-5-19)7-13-17-14(18-21-13)11-3-6-20-9-11/h3,6,9-10,12H,1-2,4-5,7-8H2. The maximum atomic E-state index is 12.3. The van der Waals surface area contributed by atoms with Gasteiger partial charge in [0.25, 0.3) is 6.43 Å². The third-order valence-electron chi connectivity index (χ3n) is 3.81. The summed E-state index contributed by atoms with van der Waals surface area (Å²) in [6.07, 6.45) is 3.34. The Hall–Kier alpha value is -1.76. The average molecular weight is 297 g/mol. The highest BCUT2D eigenvalue weighted by Crippen LogP contribution is 2.23. The van der Waals surface area contributed by atoms with Gasteiger partial charge < -0.3 is 8.94 Å². The molecule has 1 aliphatic heterocycles. The molecule has 0 saturated carbocycles. The van der Waals surface area contributed by atoms with E-state index in [0.717, 1.165) is 18.4 Å². The summed E-state index contributed by atoms with van der Waals surface area (Å²) in [4.78, 5) is 6.15. The number of piperidine rings is 1. The Labute approximate surface area is 120 Å². The second kappa shape index (κ2) is 6.34. The molecule has 0 aliphatic carbocycles. The van der Waals surface area contributed by atoms with Crippen LogP contribution in [0.4, 0.5) is 8.78 Å². The van der Waals surface area contributed by atoms with Gasteiger partial charge in [0, 0.05) is 6.42 Å². The van der Waals surface area contributed by atoms with Crippen molar-refractivity contribution >= 4 is 0 Å². The van der Waals surface area contributed by atoms with Crippen LogP contribution in [-0.2, 0) is 6.42 Å². The van der Waals surface area contributed by atoms with Crippen LogP contribution >= 0.6 is 0 Å². The van der Waals surface area contributed by atoms with Crippen molar-refractivity contribution in [1.29, 1.82) is 0 Å². The summed E-state index contributed by atoms with van der Waals surface area (Å²) in [6.45, 7) is 1.29. The Morgan fingerprint density at radius 1 is 1.33 bits per heavy atom. The van der Waals surface area contributed by atoms with Crippen LogP contribution in [0.25, 0.3) is 11.4 Å². The van der Waals surface area contributed by atoms with E-state index < -0.39 is 6.43 Å². The van der Waals surface area contributed by atoms with Crippen LogP contribution < -0.4 is 0 Å². The predicted molar refractivity (Wildman–Crippen MR) is 70.9 cm³/mol. The van der Waals surface area contributed by atoms with E-state index in [-0.39, 0.29) is 6.54 Å². The minimum absolute atomic E-state index is 0.127. The Balaban J connectivity index is 1.52. The number of rotatable bonds is 5. The normalized spacial score (nSPS) is 17.7. The van der Waals surface area contributed by atoms with Crippen molar-refractivity contribution in [2.45, 2.75) is 25.7 Å². The highest BCUT2D eigenvalue weighted by atomic mass is 19.3. The number of furan rings is 1. The van der Waals surface area contributed by atoms with Gasteiger partial charge in [-0.3, -0.25) is 4.90 Å². The lowest BCUT2D eigenvalue weighted by Gasteiger charge is -2.30. The molecule has 114 valence electrons. The van der Waals surface area contributed by atoms with Gasteiger partial charge in [-0.1, -0.05) is 5.16 Å². The molecular weight excluding hydrogens is 280 g/mol. The van der Waals surface area contributed by atoms with E-state index in [1.807, 2.05) is 4.90 Å². The van der Waals surface area contributed by atoms with Gasteiger partial charge in [0.05, 0.1) is 18.4 Å². The Bertz CT molecular complexity index is 548. The molecule has 7 heteroatoms. The molecular formula is C14H17F2N3O2. The van der Waals surface area contributed by atoms with Crippen LogP contribution in [0, 0.1) is 5.92 Å². The molecule has 2 aromatic rings. The predicted octanol–water partition coefficient (Wildman–Crippen LogP) is 2.85. The summed E-state index contributed by atoms with van der Waals surface area (Å²) >= 11 is 0. The van der Waals surface area contributed by atoms with Crippen molar-refractivity contribution in [1.82, 2.24) is 15.0 Å². The fourth-order valence-corrected chi connectivity index (χ4v) is 2.66. The van der Waals surface area contributed by atoms with Gasteiger partial charge in [0.15, 0.2) is 0 Å². The molecule has 1 fully saturated rings. The third-order valence-corrected chi connectivity index (χ3v) is 3.81. The number of hydrogen-bond acceptors (Lipinski definition) is 5. The lowest BCUT2D eigenvalue weighted by Crippen LogP contribution is -2.37. The summed E-state index contributed by atoms with van der Waals surface area (Å²) in [5, 5.41) is 3.92. The number of likely N-dealkylation sites (tertiary alicyclic amines) is 1. The van der Waals surface area contributed by atoms with Gasteiger partial charge in [0.2, 0.25) is 11.7 Å². The largest absolute Gasteiger partial charge is 0.472 e. The quantitative estimate of drug-likeness (QED) is 0.849. The van der Waals surface area contributed by atoms with E-state index >= 15 is 0 Å². The topological polar surface area (TPSA) is 55.3 Å². The van der Waals surface area contributed by atoms with Crippen LogP contribution in [-0.4, -0.2) is 41.1 Å². The molecule has 3 heterocycles. The maximum absolute atomic E-state index is 12.3. The molecule has 0 radical (unpaired) electrons. The first-order valence-electron chi connectivity index (χ1n) is 7.06. The second-order valence-electron chi connectivity index (χ2n) is 5.36. The van der Waals surface area contributed by atoms with Crippen LogP contribution in [0.15, 0.2) is 27.5 Å². The molecule has 2 aromatic heterocycles. The van der Waals surface area contributed by atoms with Gasteiger partial charge in [-0.2, -0.15) is 4.98 Å². The number of alkyl halides is 2. The first kappa shape index (κ1) is 14.2. The Kier molecular flexibility index (Phi) is 4.28. The molecule has 1 aliphatic rings. The van der Waals surface area contributed by atoms with Crippen molar-refractivity contribution in [2.75, 3.05) is 19.6 Å². The summed E-state index contributed by atoms with van der Waals surface area (Å²) < 4.78 is 34.9. The van der Waals surface area contributed by atoms with Crippen molar-refractivity contribution in [3.63, 3.8) is 0 Å². The SMILES string of the molecule is FC(F)CN1CCC(Cc2nc(-c3ccoc3)no2)CC1. The van der Waals surface area contributed by atoms with Crippen LogP contribution in [0.2, 0.25) is 0 Å². The monoisotopic (exact) mass is 297 g/mol. The third kappa shape index (κ3) is 3.66. The van der Waals surface area contributed by atoms with E-state index in [9.17, 15) is 8.78 Å². The Morgan fingerprint density at radius 2 is 2.14 bits per heavy atom. The van der Waals surface area contributed by atoms with Crippen molar-refractivity contribution in [3.05, 3.63) is 24.5 Å². The van der Waals surface area contributed by atoms with Crippen LogP contribution in [0.5, 0.6) is 0 Å².